The van der Waals surface area contributed by atoms with Gasteiger partial charge in [-0.2, -0.15) is 0 Å². The van der Waals surface area contributed by atoms with Gasteiger partial charge in [0.25, 0.3) is 0 Å². The first-order valence-electron chi connectivity index (χ1n) is 3.05. The minimum absolute atomic E-state index is 0.299. The zero-order valence-electron chi connectivity index (χ0n) is 5.83. The lowest BCUT2D eigenvalue weighted by molar-refractivity contribution is -0.138. The predicted octanol–water partition coefficient (Wildman–Crippen LogP) is 0.906. The lowest BCUT2D eigenvalue weighted by atomic mass is 10.0. The van der Waals surface area contributed by atoms with E-state index in [1.54, 1.807) is 13.0 Å². The van der Waals surface area contributed by atoms with Crippen LogP contribution in [0.4, 0.5) is 0 Å². The van der Waals surface area contributed by atoms with Crippen LogP contribution in [-0.4, -0.2) is 17.9 Å². The van der Waals surface area contributed by atoms with Gasteiger partial charge in [0.05, 0.1) is 0 Å². The van der Waals surface area contributed by atoms with Crippen LogP contribution in [0, 0.1) is 0 Å². The summed E-state index contributed by atoms with van der Waals surface area (Å²) in [5.74, 6) is -0.299. The van der Waals surface area contributed by atoms with Crippen molar-refractivity contribution in [2.75, 3.05) is 0 Å². The van der Waals surface area contributed by atoms with Gasteiger partial charge in [0.2, 0.25) is 0 Å². The van der Waals surface area contributed by atoms with E-state index in [1.807, 2.05) is 0 Å². The number of ether oxygens (including phenoxy) is 1. The Morgan fingerprint density at radius 2 is 2.70 bits per heavy atom. The first-order chi connectivity index (χ1) is 4.69. The molecule has 0 fully saturated rings. The molecule has 1 aliphatic rings. The lowest BCUT2D eigenvalue weighted by Crippen LogP contribution is -2.28. The Bertz CT molecular complexity index is 198. The van der Waals surface area contributed by atoms with Gasteiger partial charge in [0.15, 0.2) is 11.9 Å². The van der Waals surface area contributed by atoms with Crippen molar-refractivity contribution in [3.05, 3.63) is 12.7 Å². The molecule has 0 aromatic rings. The molecule has 1 atom stereocenters. The Hall–Kier alpha value is -1.12. The third-order valence-electron chi connectivity index (χ3n) is 1.48. The number of carbonyl (C=O) groups is 1. The molecule has 54 valence electrons. The Morgan fingerprint density at radius 1 is 2.00 bits per heavy atom. The highest BCUT2D eigenvalue weighted by atomic mass is 16.5. The number of esters is 1. The number of rotatable bonds is 2. The van der Waals surface area contributed by atoms with Crippen LogP contribution in [0.15, 0.2) is 17.6 Å². The molecule has 1 aliphatic heterocycles. The topological polar surface area (TPSA) is 38.7 Å². The monoisotopic (exact) mass is 139 g/mol. The van der Waals surface area contributed by atoms with Crippen LogP contribution in [0.25, 0.3) is 0 Å². The van der Waals surface area contributed by atoms with Crippen LogP contribution < -0.4 is 0 Å². The number of carbonyl (C=O) groups excluding carboxylic acids is 1. The molecule has 1 heterocycles. The third-order valence-corrected chi connectivity index (χ3v) is 1.48. The third kappa shape index (κ3) is 0.943. The summed E-state index contributed by atoms with van der Waals surface area (Å²) in [4.78, 5) is 14.8. The molecule has 0 radical (unpaired) electrons. The average Bonchev–Trinajstić information content (AvgIpc) is 2.15. The Morgan fingerprint density at radius 3 is 3.10 bits per heavy atom. The van der Waals surface area contributed by atoms with Crippen molar-refractivity contribution >= 4 is 12.4 Å². The first-order valence-corrected chi connectivity index (χ1v) is 3.05. The molecule has 0 saturated heterocycles. The largest absolute Gasteiger partial charge is 0.413 e. The van der Waals surface area contributed by atoms with Crippen LogP contribution in [0.1, 0.15) is 13.3 Å². The first kappa shape index (κ1) is 6.99. The minimum atomic E-state index is -0.707. The molecule has 0 spiro atoms. The maximum Gasteiger partial charge on any atom is 0.340 e. The maximum atomic E-state index is 10.9. The van der Waals surface area contributed by atoms with E-state index in [0.717, 1.165) is 0 Å². The maximum absolute atomic E-state index is 10.9. The van der Waals surface area contributed by atoms with E-state index in [2.05, 4.69) is 16.3 Å². The van der Waals surface area contributed by atoms with Gasteiger partial charge in [-0.25, -0.2) is 9.79 Å². The average molecular weight is 139 g/mol. The fourth-order valence-corrected chi connectivity index (χ4v) is 0.787. The molecule has 0 aliphatic carbocycles. The van der Waals surface area contributed by atoms with Gasteiger partial charge in [-0.15, -0.1) is 6.58 Å². The highest BCUT2D eigenvalue weighted by Gasteiger charge is 2.36. The Kier molecular flexibility index (Phi) is 1.57. The second-order valence-corrected chi connectivity index (χ2v) is 2.41. The summed E-state index contributed by atoms with van der Waals surface area (Å²) < 4.78 is 4.54. The van der Waals surface area contributed by atoms with Crippen LogP contribution in [0.3, 0.4) is 0 Å². The van der Waals surface area contributed by atoms with Gasteiger partial charge in [-0.1, -0.05) is 6.08 Å². The Balaban J connectivity index is 2.74. The van der Waals surface area contributed by atoms with E-state index in [0.29, 0.717) is 6.42 Å². The van der Waals surface area contributed by atoms with Gasteiger partial charge in [0, 0.05) is 6.42 Å². The number of aliphatic imine (C=N–C) groups is 1. The smallest absolute Gasteiger partial charge is 0.340 e. The highest BCUT2D eigenvalue weighted by Crippen LogP contribution is 2.20. The van der Waals surface area contributed by atoms with Crippen molar-refractivity contribution in [1.82, 2.24) is 0 Å². The van der Waals surface area contributed by atoms with Gasteiger partial charge in [-0.05, 0) is 6.92 Å². The molecule has 0 N–H and O–H groups in total. The van der Waals surface area contributed by atoms with Gasteiger partial charge >= 0.3 is 5.97 Å². The molecule has 0 aromatic heterocycles. The molecule has 3 nitrogen and oxygen atoms in total. The van der Waals surface area contributed by atoms with Crippen molar-refractivity contribution in [1.29, 1.82) is 0 Å². The summed E-state index contributed by atoms with van der Waals surface area (Å²) in [7, 11) is 0. The quantitative estimate of drug-likeness (QED) is 0.421. The summed E-state index contributed by atoms with van der Waals surface area (Å²) in [5.41, 5.74) is -0.707. The van der Waals surface area contributed by atoms with Crippen LogP contribution in [0.5, 0.6) is 0 Å². The summed E-state index contributed by atoms with van der Waals surface area (Å²) in [6.45, 7) is 5.24. The van der Waals surface area contributed by atoms with Gasteiger partial charge in [0.1, 0.15) is 0 Å². The number of nitrogens with zero attached hydrogens (tertiary/aromatic N) is 1. The lowest BCUT2D eigenvalue weighted by Gasteiger charge is -2.12. The van der Waals surface area contributed by atoms with Gasteiger partial charge < -0.3 is 4.74 Å². The normalized spacial score (nSPS) is 30.3. The molecule has 0 bridgehead atoms. The van der Waals surface area contributed by atoms with Crippen LogP contribution >= 0.6 is 0 Å². The van der Waals surface area contributed by atoms with E-state index in [9.17, 15) is 4.79 Å². The summed E-state index contributed by atoms with van der Waals surface area (Å²) in [5, 5.41) is 0. The fraction of sp³-hybridized carbons (Fsp3) is 0.429. The van der Waals surface area contributed by atoms with Crippen molar-refractivity contribution in [2.24, 2.45) is 4.99 Å². The Labute approximate surface area is 59.4 Å². The van der Waals surface area contributed by atoms with Crippen molar-refractivity contribution < 1.29 is 9.53 Å². The fourth-order valence-electron chi connectivity index (χ4n) is 0.787. The van der Waals surface area contributed by atoms with E-state index >= 15 is 0 Å². The number of hydrogen-bond donors (Lipinski definition) is 0. The van der Waals surface area contributed by atoms with Crippen LogP contribution in [0.2, 0.25) is 0 Å². The molecule has 0 saturated carbocycles. The van der Waals surface area contributed by atoms with E-state index in [-0.39, 0.29) is 5.97 Å². The SMILES string of the molecule is C=CCC1(C)N=COC1=O. The van der Waals surface area contributed by atoms with E-state index in [1.165, 1.54) is 6.40 Å². The molecule has 0 amide bonds. The summed E-state index contributed by atoms with van der Waals surface area (Å²) in [6.07, 6.45) is 3.37. The van der Waals surface area contributed by atoms with Gasteiger partial charge in [-0.3, -0.25) is 0 Å². The second-order valence-electron chi connectivity index (χ2n) is 2.41. The molecule has 3 heteroatoms. The predicted molar refractivity (Wildman–Crippen MR) is 37.8 cm³/mol. The zero-order chi connectivity index (χ0) is 7.61. The summed E-state index contributed by atoms with van der Waals surface area (Å²) in [6, 6.07) is 0. The number of cyclic esters (lactones) is 1. The molecular weight excluding hydrogens is 130 g/mol. The molecule has 1 rings (SSSR count). The van der Waals surface area contributed by atoms with Crippen LogP contribution in [-0.2, 0) is 9.53 Å². The molecule has 1 unspecified atom stereocenters. The molecular formula is C7H9NO2. The van der Waals surface area contributed by atoms with Crippen molar-refractivity contribution in [2.45, 2.75) is 18.9 Å². The van der Waals surface area contributed by atoms with E-state index in [4.69, 9.17) is 0 Å². The van der Waals surface area contributed by atoms with Crippen molar-refractivity contribution in [3.63, 3.8) is 0 Å². The van der Waals surface area contributed by atoms with E-state index < -0.39 is 5.54 Å². The molecule has 0 aromatic carbocycles. The number of hydrogen-bond acceptors (Lipinski definition) is 3. The van der Waals surface area contributed by atoms with Crippen molar-refractivity contribution in [3.8, 4) is 0 Å². The summed E-state index contributed by atoms with van der Waals surface area (Å²) >= 11 is 0. The standard InChI is InChI=1S/C7H9NO2/c1-3-4-7(2)6(9)10-5-8-7/h3,5H,1,4H2,2H3. The minimum Gasteiger partial charge on any atom is -0.413 e. The second kappa shape index (κ2) is 2.25. The highest BCUT2D eigenvalue weighted by molar-refractivity contribution is 5.91. The zero-order valence-corrected chi connectivity index (χ0v) is 5.83. The molecule has 10 heavy (non-hydrogen) atoms.